The summed E-state index contributed by atoms with van der Waals surface area (Å²) < 4.78 is 11.4. The fourth-order valence-electron chi connectivity index (χ4n) is 2.74. The Kier molecular flexibility index (Phi) is 6.38. The zero-order chi connectivity index (χ0) is 16.0. The van der Waals surface area contributed by atoms with Gasteiger partial charge in [0.2, 0.25) is 0 Å². The van der Waals surface area contributed by atoms with E-state index in [4.69, 9.17) is 9.47 Å². The zero-order valence-corrected chi connectivity index (χ0v) is 14.0. The van der Waals surface area contributed by atoms with E-state index in [1.54, 1.807) is 0 Å². The molecule has 124 valence electrons. The van der Waals surface area contributed by atoms with Crippen LogP contribution >= 0.6 is 0 Å². The van der Waals surface area contributed by atoms with Crippen LogP contribution in [0.15, 0.2) is 30.3 Å². The molecule has 1 fully saturated rings. The molecule has 0 bridgehead atoms. The van der Waals surface area contributed by atoms with E-state index >= 15 is 0 Å². The first-order chi connectivity index (χ1) is 10.5. The van der Waals surface area contributed by atoms with Gasteiger partial charge < -0.3 is 14.6 Å². The van der Waals surface area contributed by atoms with Crippen molar-refractivity contribution in [3.05, 3.63) is 35.9 Å². The van der Waals surface area contributed by atoms with Gasteiger partial charge in [0, 0.05) is 19.1 Å². The average molecular weight is 307 g/mol. The van der Waals surface area contributed by atoms with E-state index in [-0.39, 0.29) is 11.6 Å². The smallest absolute Gasteiger partial charge is 0.0805 e. The largest absolute Gasteiger partial charge is 0.388 e. The second-order valence-electron chi connectivity index (χ2n) is 6.89. The standard InChI is InChI=1S/C18H29NO3/c1-18(2,3)22-12-10-19-9-11-21-14-16(19)13-17(20)15-7-5-4-6-8-15/h4-8,16-17,20H,9-14H2,1-3H3. The summed E-state index contributed by atoms with van der Waals surface area (Å²) in [5.74, 6) is 0. The van der Waals surface area contributed by atoms with Gasteiger partial charge in [-0.05, 0) is 32.8 Å². The summed E-state index contributed by atoms with van der Waals surface area (Å²) in [5.41, 5.74) is 0.865. The first-order valence-electron chi connectivity index (χ1n) is 8.14. The van der Waals surface area contributed by atoms with Crippen molar-refractivity contribution in [1.82, 2.24) is 4.90 Å². The molecule has 2 unspecified atom stereocenters. The van der Waals surface area contributed by atoms with Crippen molar-refractivity contribution < 1.29 is 14.6 Å². The molecule has 1 aromatic carbocycles. The number of rotatable bonds is 6. The van der Waals surface area contributed by atoms with Crippen molar-refractivity contribution in [2.24, 2.45) is 0 Å². The summed E-state index contributed by atoms with van der Waals surface area (Å²) >= 11 is 0. The van der Waals surface area contributed by atoms with Crippen LogP contribution in [-0.4, -0.2) is 54.6 Å². The number of benzene rings is 1. The van der Waals surface area contributed by atoms with Crippen LogP contribution < -0.4 is 0 Å². The second kappa shape index (κ2) is 8.06. The molecule has 0 amide bonds. The van der Waals surface area contributed by atoms with Crippen molar-refractivity contribution in [3.8, 4) is 0 Å². The Morgan fingerprint density at radius 1 is 1.32 bits per heavy atom. The molecule has 1 saturated heterocycles. The van der Waals surface area contributed by atoms with E-state index in [1.807, 2.05) is 30.3 Å². The van der Waals surface area contributed by atoms with Crippen LogP contribution in [0.25, 0.3) is 0 Å². The van der Waals surface area contributed by atoms with Crippen molar-refractivity contribution in [2.75, 3.05) is 32.9 Å². The molecule has 4 nitrogen and oxygen atoms in total. The van der Waals surface area contributed by atoms with Gasteiger partial charge in [-0.15, -0.1) is 0 Å². The van der Waals surface area contributed by atoms with Crippen LogP contribution in [-0.2, 0) is 9.47 Å². The van der Waals surface area contributed by atoms with Gasteiger partial charge in [-0.1, -0.05) is 30.3 Å². The van der Waals surface area contributed by atoms with Gasteiger partial charge in [0.15, 0.2) is 0 Å². The molecule has 0 spiro atoms. The molecule has 1 aliphatic heterocycles. The predicted molar refractivity (Wildman–Crippen MR) is 87.9 cm³/mol. The number of morpholine rings is 1. The number of aliphatic hydroxyl groups excluding tert-OH is 1. The van der Waals surface area contributed by atoms with Crippen molar-refractivity contribution in [1.29, 1.82) is 0 Å². The molecule has 1 aliphatic rings. The van der Waals surface area contributed by atoms with Gasteiger partial charge in [-0.25, -0.2) is 0 Å². The third-order valence-corrected chi connectivity index (χ3v) is 3.94. The number of hydrogen-bond donors (Lipinski definition) is 1. The Morgan fingerprint density at radius 2 is 2.05 bits per heavy atom. The molecule has 2 rings (SSSR count). The second-order valence-corrected chi connectivity index (χ2v) is 6.89. The molecule has 1 heterocycles. The highest BCUT2D eigenvalue weighted by atomic mass is 16.5. The van der Waals surface area contributed by atoms with Gasteiger partial charge in [0.1, 0.15) is 0 Å². The van der Waals surface area contributed by atoms with Gasteiger partial charge in [-0.3, -0.25) is 4.90 Å². The Labute approximate surface area is 134 Å². The van der Waals surface area contributed by atoms with Crippen LogP contribution in [0, 0.1) is 0 Å². The van der Waals surface area contributed by atoms with E-state index < -0.39 is 6.10 Å². The fourth-order valence-corrected chi connectivity index (χ4v) is 2.74. The Bertz CT molecular complexity index is 430. The minimum Gasteiger partial charge on any atom is -0.388 e. The SMILES string of the molecule is CC(C)(C)OCCN1CCOCC1CC(O)c1ccccc1. The number of aliphatic hydroxyl groups is 1. The van der Waals surface area contributed by atoms with Gasteiger partial charge >= 0.3 is 0 Å². The van der Waals surface area contributed by atoms with Crippen molar-refractivity contribution in [3.63, 3.8) is 0 Å². The van der Waals surface area contributed by atoms with Gasteiger partial charge in [0.25, 0.3) is 0 Å². The average Bonchev–Trinajstić information content (AvgIpc) is 2.48. The molecule has 1 aromatic rings. The molecular formula is C18H29NO3. The number of nitrogens with zero attached hydrogens (tertiary/aromatic N) is 1. The summed E-state index contributed by atoms with van der Waals surface area (Å²) in [5, 5.41) is 10.4. The highest BCUT2D eigenvalue weighted by Gasteiger charge is 2.26. The highest BCUT2D eigenvalue weighted by molar-refractivity contribution is 5.17. The lowest BCUT2D eigenvalue weighted by Gasteiger charge is -2.37. The van der Waals surface area contributed by atoms with Crippen LogP contribution in [0.5, 0.6) is 0 Å². The van der Waals surface area contributed by atoms with E-state index in [0.29, 0.717) is 19.6 Å². The van der Waals surface area contributed by atoms with E-state index in [2.05, 4.69) is 25.7 Å². The molecule has 0 aliphatic carbocycles. The maximum Gasteiger partial charge on any atom is 0.0805 e. The van der Waals surface area contributed by atoms with Crippen molar-refractivity contribution >= 4 is 0 Å². The molecule has 0 aromatic heterocycles. The summed E-state index contributed by atoms with van der Waals surface area (Å²) in [7, 11) is 0. The quantitative estimate of drug-likeness (QED) is 0.877. The summed E-state index contributed by atoms with van der Waals surface area (Å²) in [4.78, 5) is 2.38. The van der Waals surface area contributed by atoms with Gasteiger partial charge in [-0.2, -0.15) is 0 Å². The van der Waals surface area contributed by atoms with Crippen LogP contribution in [0.4, 0.5) is 0 Å². The molecular weight excluding hydrogens is 278 g/mol. The molecule has 0 radical (unpaired) electrons. The number of hydrogen-bond acceptors (Lipinski definition) is 4. The first-order valence-corrected chi connectivity index (χ1v) is 8.14. The lowest BCUT2D eigenvalue weighted by Crippen LogP contribution is -2.47. The lowest BCUT2D eigenvalue weighted by molar-refractivity contribution is -0.0570. The Hall–Kier alpha value is -0.940. The third-order valence-electron chi connectivity index (χ3n) is 3.94. The fraction of sp³-hybridized carbons (Fsp3) is 0.667. The van der Waals surface area contributed by atoms with Crippen LogP contribution in [0.1, 0.15) is 38.9 Å². The maximum atomic E-state index is 10.4. The Balaban J connectivity index is 1.86. The molecule has 4 heteroatoms. The van der Waals surface area contributed by atoms with Crippen LogP contribution in [0.3, 0.4) is 0 Å². The highest BCUT2D eigenvalue weighted by Crippen LogP contribution is 2.22. The third kappa shape index (κ3) is 5.69. The molecule has 22 heavy (non-hydrogen) atoms. The predicted octanol–water partition coefficient (Wildman–Crippen LogP) is 2.63. The van der Waals surface area contributed by atoms with E-state index in [0.717, 1.165) is 25.3 Å². The van der Waals surface area contributed by atoms with E-state index in [9.17, 15) is 5.11 Å². The summed E-state index contributed by atoms with van der Waals surface area (Å²) in [6.07, 6.45) is 0.249. The monoisotopic (exact) mass is 307 g/mol. The minimum absolute atomic E-state index is 0.106. The lowest BCUT2D eigenvalue weighted by atomic mass is 10.0. The van der Waals surface area contributed by atoms with E-state index in [1.165, 1.54) is 0 Å². The Morgan fingerprint density at radius 3 is 2.73 bits per heavy atom. The summed E-state index contributed by atoms with van der Waals surface area (Å²) in [6.45, 7) is 10.1. The zero-order valence-electron chi connectivity index (χ0n) is 14.0. The summed E-state index contributed by atoms with van der Waals surface area (Å²) in [6, 6.07) is 10.1. The molecule has 2 atom stereocenters. The first kappa shape index (κ1) is 17.4. The molecule has 1 N–H and O–H groups in total. The van der Waals surface area contributed by atoms with Crippen LogP contribution in [0.2, 0.25) is 0 Å². The van der Waals surface area contributed by atoms with Crippen molar-refractivity contribution in [2.45, 2.75) is 44.9 Å². The normalized spacial score (nSPS) is 21.7. The maximum absolute atomic E-state index is 10.4. The minimum atomic E-state index is -0.445. The molecule has 0 saturated carbocycles. The number of ether oxygens (including phenoxy) is 2. The van der Waals surface area contributed by atoms with Gasteiger partial charge in [0.05, 0.1) is 31.5 Å². The topological polar surface area (TPSA) is 41.9 Å².